The summed E-state index contributed by atoms with van der Waals surface area (Å²) in [6.07, 6.45) is 2.13. The van der Waals surface area contributed by atoms with E-state index >= 15 is 0 Å². The molecule has 0 spiro atoms. The fourth-order valence-corrected chi connectivity index (χ4v) is 2.46. The highest BCUT2D eigenvalue weighted by Gasteiger charge is 2.23. The molecular weight excluding hydrogens is 257 g/mol. The summed E-state index contributed by atoms with van der Waals surface area (Å²) in [7, 11) is 0. The van der Waals surface area contributed by atoms with Gasteiger partial charge in [0.1, 0.15) is 5.82 Å². The van der Waals surface area contributed by atoms with Gasteiger partial charge in [-0.3, -0.25) is 9.69 Å². The van der Waals surface area contributed by atoms with Gasteiger partial charge >= 0.3 is 0 Å². The third-order valence-electron chi connectivity index (χ3n) is 3.69. The van der Waals surface area contributed by atoms with E-state index in [1.807, 2.05) is 0 Å². The summed E-state index contributed by atoms with van der Waals surface area (Å²) in [5.74, 6) is -0.646. The average molecular weight is 279 g/mol. The van der Waals surface area contributed by atoms with E-state index in [0.717, 1.165) is 39.0 Å². The van der Waals surface area contributed by atoms with Gasteiger partial charge in [-0.15, -0.1) is 0 Å². The molecular formula is C15H22FN3O. The molecule has 5 heteroatoms. The van der Waals surface area contributed by atoms with Crippen molar-refractivity contribution in [1.82, 2.24) is 9.80 Å². The Labute approximate surface area is 119 Å². The molecule has 2 N–H and O–H groups in total. The third kappa shape index (κ3) is 3.77. The SMILES string of the molecule is NCCCCN1CCN(C(=O)c2ccccc2F)CC1. The van der Waals surface area contributed by atoms with Crippen LogP contribution in [0, 0.1) is 5.82 Å². The number of amides is 1. The fraction of sp³-hybridized carbons (Fsp3) is 0.533. The number of unbranched alkanes of at least 4 members (excludes halogenated alkanes) is 1. The zero-order chi connectivity index (χ0) is 14.4. The summed E-state index contributed by atoms with van der Waals surface area (Å²) >= 11 is 0. The van der Waals surface area contributed by atoms with Gasteiger partial charge in [0, 0.05) is 26.2 Å². The number of nitrogens with two attached hydrogens (primary N) is 1. The van der Waals surface area contributed by atoms with Crippen molar-refractivity contribution in [3.05, 3.63) is 35.6 Å². The molecule has 1 saturated heterocycles. The average Bonchev–Trinajstić information content (AvgIpc) is 2.48. The van der Waals surface area contributed by atoms with Crippen molar-refractivity contribution >= 4 is 5.91 Å². The van der Waals surface area contributed by atoms with Crippen LogP contribution in [0.15, 0.2) is 24.3 Å². The Kier molecular flexibility index (Phi) is 5.49. The molecule has 1 aromatic carbocycles. The van der Waals surface area contributed by atoms with Crippen molar-refractivity contribution < 1.29 is 9.18 Å². The molecule has 0 bridgehead atoms. The molecule has 2 rings (SSSR count). The van der Waals surface area contributed by atoms with Crippen LogP contribution in [0.5, 0.6) is 0 Å². The number of rotatable bonds is 5. The van der Waals surface area contributed by atoms with Crippen LogP contribution in [0.4, 0.5) is 4.39 Å². The fourth-order valence-electron chi connectivity index (χ4n) is 2.46. The molecule has 0 aliphatic carbocycles. The molecule has 1 aliphatic heterocycles. The standard InChI is InChI=1S/C15H22FN3O/c16-14-6-2-1-5-13(14)15(20)19-11-9-18(10-12-19)8-4-3-7-17/h1-2,5-6H,3-4,7-12,17H2. The van der Waals surface area contributed by atoms with E-state index in [1.165, 1.54) is 6.07 Å². The van der Waals surface area contributed by atoms with Crippen molar-refractivity contribution in [2.45, 2.75) is 12.8 Å². The maximum atomic E-state index is 13.6. The number of hydrogen-bond acceptors (Lipinski definition) is 3. The van der Waals surface area contributed by atoms with Crippen LogP contribution < -0.4 is 5.73 Å². The molecule has 0 aromatic heterocycles. The predicted octanol–water partition coefficient (Wildman–Crippen LogP) is 1.32. The Morgan fingerprint density at radius 3 is 2.50 bits per heavy atom. The first kappa shape index (κ1) is 14.9. The van der Waals surface area contributed by atoms with E-state index in [1.54, 1.807) is 23.1 Å². The zero-order valence-corrected chi connectivity index (χ0v) is 11.7. The minimum atomic E-state index is -0.442. The van der Waals surface area contributed by atoms with Crippen LogP contribution >= 0.6 is 0 Å². The molecule has 0 atom stereocenters. The highest BCUT2D eigenvalue weighted by molar-refractivity contribution is 5.94. The number of hydrogen-bond donors (Lipinski definition) is 1. The molecule has 1 aliphatic rings. The van der Waals surface area contributed by atoms with Gasteiger partial charge in [0.15, 0.2) is 0 Å². The highest BCUT2D eigenvalue weighted by Crippen LogP contribution is 2.12. The summed E-state index contributed by atoms with van der Waals surface area (Å²) in [6.45, 7) is 4.78. The van der Waals surface area contributed by atoms with Crippen LogP contribution in [0.25, 0.3) is 0 Å². The van der Waals surface area contributed by atoms with Crippen molar-refractivity contribution in [3.63, 3.8) is 0 Å². The van der Waals surface area contributed by atoms with Crippen LogP contribution in [-0.2, 0) is 0 Å². The molecule has 1 aromatic rings. The first-order valence-corrected chi connectivity index (χ1v) is 7.18. The molecule has 0 radical (unpaired) electrons. The number of benzene rings is 1. The van der Waals surface area contributed by atoms with E-state index < -0.39 is 5.82 Å². The number of carbonyl (C=O) groups is 1. The van der Waals surface area contributed by atoms with Crippen LogP contribution in [-0.4, -0.2) is 55.0 Å². The van der Waals surface area contributed by atoms with Gasteiger partial charge in [0.05, 0.1) is 5.56 Å². The Balaban J connectivity index is 1.85. The Morgan fingerprint density at radius 1 is 1.15 bits per heavy atom. The lowest BCUT2D eigenvalue weighted by Gasteiger charge is -2.34. The number of nitrogens with zero attached hydrogens (tertiary/aromatic N) is 2. The van der Waals surface area contributed by atoms with E-state index in [9.17, 15) is 9.18 Å². The zero-order valence-electron chi connectivity index (χ0n) is 11.7. The van der Waals surface area contributed by atoms with Gasteiger partial charge in [-0.05, 0) is 38.1 Å². The minimum absolute atomic E-state index is 0.170. The first-order chi connectivity index (χ1) is 9.72. The smallest absolute Gasteiger partial charge is 0.256 e. The van der Waals surface area contributed by atoms with Crippen LogP contribution in [0.3, 0.4) is 0 Å². The monoisotopic (exact) mass is 279 g/mol. The van der Waals surface area contributed by atoms with E-state index in [-0.39, 0.29) is 11.5 Å². The Bertz CT molecular complexity index is 444. The third-order valence-corrected chi connectivity index (χ3v) is 3.69. The molecule has 1 fully saturated rings. The first-order valence-electron chi connectivity index (χ1n) is 7.18. The summed E-state index contributed by atoms with van der Waals surface area (Å²) in [4.78, 5) is 16.3. The molecule has 1 amide bonds. The molecule has 1 heterocycles. The lowest BCUT2D eigenvalue weighted by atomic mass is 10.1. The quantitative estimate of drug-likeness (QED) is 0.827. The van der Waals surface area contributed by atoms with Crippen LogP contribution in [0.1, 0.15) is 23.2 Å². The summed E-state index contributed by atoms with van der Waals surface area (Å²) < 4.78 is 13.6. The van der Waals surface area contributed by atoms with Crippen molar-refractivity contribution in [2.24, 2.45) is 5.73 Å². The van der Waals surface area contributed by atoms with Gasteiger partial charge < -0.3 is 10.6 Å². The maximum Gasteiger partial charge on any atom is 0.256 e. The lowest BCUT2D eigenvalue weighted by molar-refractivity contribution is 0.0631. The molecule has 0 unspecified atom stereocenters. The molecule has 20 heavy (non-hydrogen) atoms. The van der Waals surface area contributed by atoms with Gasteiger partial charge in [-0.25, -0.2) is 4.39 Å². The van der Waals surface area contributed by atoms with Gasteiger partial charge in [0.25, 0.3) is 5.91 Å². The maximum absolute atomic E-state index is 13.6. The van der Waals surface area contributed by atoms with Crippen molar-refractivity contribution in [2.75, 3.05) is 39.3 Å². The predicted molar refractivity (Wildman–Crippen MR) is 77.0 cm³/mol. The molecule has 110 valence electrons. The van der Waals surface area contributed by atoms with E-state index in [2.05, 4.69) is 4.90 Å². The largest absolute Gasteiger partial charge is 0.336 e. The molecule has 4 nitrogen and oxygen atoms in total. The van der Waals surface area contributed by atoms with Crippen molar-refractivity contribution in [1.29, 1.82) is 0 Å². The summed E-state index contributed by atoms with van der Waals surface area (Å²) in [6, 6.07) is 6.17. The lowest BCUT2D eigenvalue weighted by Crippen LogP contribution is -2.49. The number of piperazine rings is 1. The Hall–Kier alpha value is -1.46. The summed E-state index contributed by atoms with van der Waals surface area (Å²) in [5.41, 5.74) is 5.65. The van der Waals surface area contributed by atoms with Gasteiger partial charge in [0.2, 0.25) is 0 Å². The van der Waals surface area contributed by atoms with Crippen molar-refractivity contribution in [3.8, 4) is 0 Å². The van der Waals surface area contributed by atoms with Gasteiger partial charge in [-0.2, -0.15) is 0 Å². The van der Waals surface area contributed by atoms with Crippen LogP contribution in [0.2, 0.25) is 0 Å². The second-order valence-corrected chi connectivity index (χ2v) is 5.11. The number of halogens is 1. The number of carbonyl (C=O) groups excluding carboxylic acids is 1. The van der Waals surface area contributed by atoms with E-state index in [0.29, 0.717) is 13.1 Å². The summed E-state index contributed by atoms with van der Waals surface area (Å²) in [5, 5.41) is 0. The topological polar surface area (TPSA) is 49.6 Å². The second-order valence-electron chi connectivity index (χ2n) is 5.11. The molecule has 0 saturated carbocycles. The van der Waals surface area contributed by atoms with Gasteiger partial charge in [-0.1, -0.05) is 12.1 Å². The Morgan fingerprint density at radius 2 is 1.85 bits per heavy atom. The normalized spacial score (nSPS) is 16.4. The minimum Gasteiger partial charge on any atom is -0.336 e. The second kappa shape index (κ2) is 7.36. The highest BCUT2D eigenvalue weighted by atomic mass is 19.1. The van der Waals surface area contributed by atoms with E-state index in [4.69, 9.17) is 5.73 Å².